The van der Waals surface area contributed by atoms with E-state index < -0.39 is 24.1 Å². The molecule has 2 aromatic rings. The number of carbonyl (C=O) groups excluding carboxylic acids is 2. The molecule has 5 nitrogen and oxygen atoms in total. The van der Waals surface area contributed by atoms with E-state index in [2.05, 4.69) is 0 Å². The number of amides is 2. The number of carbonyl (C=O) groups is 2. The lowest BCUT2D eigenvalue weighted by atomic mass is 10.0. The van der Waals surface area contributed by atoms with Crippen molar-refractivity contribution >= 4 is 12.0 Å². The third-order valence-corrected chi connectivity index (χ3v) is 3.86. The third-order valence-electron chi connectivity index (χ3n) is 3.86. The van der Waals surface area contributed by atoms with Gasteiger partial charge in [0.15, 0.2) is 6.10 Å². The van der Waals surface area contributed by atoms with Crippen molar-refractivity contribution in [3.63, 3.8) is 0 Å². The molecule has 1 aliphatic heterocycles. The van der Waals surface area contributed by atoms with Gasteiger partial charge in [-0.1, -0.05) is 60.7 Å². The van der Waals surface area contributed by atoms with Crippen LogP contribution in [0.1, 0.15) is 23.3 Å². The molecule has 0 bridgehead atoms. The first kappa shape index (κ1) is 15.2. The molecule has 0 N–H and O–H groups in total. The topological polar surface area (TPSA) is 55.8 Å². The number of hydrogen-bond donors (Lipinski definition) is 0. The van der Waals surface area contributed by atoms with Crippen LogP contribution in [0.2, 0.25) is 0 Å². The van der Waals surface area contributed by atoms with E-state index in [-0.39, 0.29) is 6.61 Å². The Morgan fingerprint density at radius 2 is 1.74 bits per heavy atom. The molecule has 1 aliphatic rings. The van der Waals surface area contributed by atoms with Crippen molar-refractivity contribution in [3.05, 3.63) is 71.8 Å². The van der Waals surface area contributed by atoms with Gasteiger partial charge in [-0.25, -0.2) is 9.69 Å². The molecule has 0 radical (unpaired) electrons. The monoisotopic (exact) mass is 311 g/mol. The van der Waals surface area contributed by atoms with Crippen molar-refractivity contribution in [1.29, 1.82) is 0 Å². The van der Waals surface area contributed by atoms with Gasteiger partial charge in [-0.3, -0.25) is 4.79 Å². The summed E-state index contributed by atoms with van der Waals surface area (Å²) in [7, 11) is 1.45. The summed E-state index contributed by atoms with van der Waals surface area (Å²) in [6.07, 6.45) is -1.48. The van der Waals surface area contributed by atoms with Gasteiger partial charge in [0.2, 0.25) is 0 Å². The number of benzene rings is 2. The Balaban J connectivity index is 1.91. The molecule has 23 heavy (non-hydrogen) atoms. The first-order valence-electron chi connectivity index (χ1n) is 7.35. The Labute approximate surface area is 134 Å². The normalized spacial score (nSPS) is 18.6. The molecule has 2 atom stereocenters. The van der Waals surface area contributed by atoms with Crippen molar-refractivity contribution in [1.82, 2.24) is 4.90 Å². The number of cyclic esters (lactones) is 1. The maximum atomic E-state index is 12.9. The number of hydrogen-bond acceptors (Lipinski definition) is 4. The largest absolute Gasteiger partial charge is 0.446 e. The second-order valence-electron chi connectivity index (χ2n) is 5.24. The molecule has 0 unspecified atom stereocenters. The molecule has 1 fully saturated rings. The van der Waals surface area contributed by atoms with Gasteiger partial charge in [-0.15, -0.1) is 0 Å². The van der Waals surface area contributed by atoms with Gasteiger partial charge in [0, 0.05) is 7.11 Å². The van der Waals surface area contributed by atoms with Crippen molar-refractivity contribution in [2.75, 3.05) is 13.7 Å². The SMILES string of the molecule is CO[C@H](C(=O)N1C(=O)OC[C@@H]1c1ccccc1)c1ccccc1. The number of nitrogens with zero attached hydrogens (tertiary/aromatic N) is 1. The van der Waals surface area contributed by atoms with Crippen molar-refractivity contribution in [2.24, 2.45) is 0 Å². The fraction of sp³-hybridized carbons (Fsp3) is 0.222. The van der Waals surface area contributed by atoms with Gasteiger partial charge in [-0.2, -0.15) is 0 Å². The van der Waals surface area contributed by atoms with Gasteiger partial charge < -0.3 is 9.47 Å². The number of ether oxygens (including phenoxy) is 2. The Hall–Kier alpha value is -2.66. The van der Waals surface area contributed by atoms with Crippen LogP contribution in [0.15, 0.2) is 60.7 Å². The quantitative estimate of drug-likeness (QED) is 0.870. The minimum absolute atomic E-state index is 0.153. The molecule has 0 saturated carbocycles. The van der Waals surface area contributed by atoms with Gasteiger partial charge in [0.1, 0.15) is 12.6 Å². The van der Waals surface area contributed by atoms with Crippen LogP contribution in [-0.4, -0.2) is 30.6 Å². The van der Waals surface area contributed by atoms with E-state index in [0.29, 0.717) is 5.56 Å². The van der Waals surface area contributed by atoms with E-state index in [1.807, 2.05) is 48.5 Å². The minimum Gasteiger partial charge on any atom is -0.446 e. The average molecular weight is 311 g/mol. The zero-order chi connectivity index (χ0) is 16.2. The third kappa shape index (κ3) is 2.96. The van der Waals surface area contributed by atoms with E-state index in [9.17, 15) is 9.59 Å². The number of methoxy groups -OCH3 is 1. The Kier molecular flexibility index (Phi) is 4.39. The predicted octanol–water partition coefficient (Wildman–Crippen LogP) is 3.09. The van der Waals surface area contributed by atoms with Crippen LogP contribution in [-0.2, 0) is 14.3 Å². The molecular formula is C18H17NO4. The Bertz CT molecular complexity index is 687. The molecule has 0 spiro atoms. The highest BCUT2D eigenvalue weighted by atomic mass is 16.6. The molecule has 2 aromatic carbocycles. The van der Waals surface area contributed by atoms with E-state index >= 15 is 0 Å². The Morgan fingerprint density at radius 3 is 2.35 bits per heavy atom. The van der Waals surface area contributed by atoms with Crippen LogP contribution >= 0.6 is 0 Å². The van der Waals surface area contributed by atoms with Crippen LogP contribution in [0.4, 0.5) is 4.79 Å². The van der Waals surface area contributed by atoms with Crippen LogP contribution < -0.4 is 0 Å². The molecule has 3 rings (SSSR count). The summed E-state index contributed by atoms with van der Waals surface area (Å²) < 4.78 is 10.4. The van der Waals surface area contributed by atoms with Crippen molar-refractivity contribution in [2.45, 2.75) is 12.1 Å². The average Bonchev–Trinajstić information content (AvgIpc) is 2.99. The fourth-order valence-corrected chi connectivity index (χ4v) is 2.72. The second kappa shape index (κ2) is 6.62. The van der Waals surface area contributed by atoms with E-state index in [0.717, 1.165) is 10.5 Å². The highest BCUT2D eigenvalue weighted by molar-refractivity contribution is 5.96. The summed E-state index contributed by atoms with van der Waals surface area (Å²) in [5.41, 5.74) is 1.56. The summed E-state index contributed by atoms with van der Waals surface area (Å²) in [5, 5.41) is 0. The standard InChI is InChI=1S/C18H17NO4/c1-22-16(14-10-6-3-7-11-14)17(20)19-15(12-23-18(19)21)13-8-4-2-5-9-13/h2-11,15-16H,12H2,1H3/t15-,16+/m1/s1. The van der Waals surface area contributed by atoms with Gasteiger partial charge in [-0.05, 0) is 11.1 Å². The maximum absolute atomic E-state index is 12.9. The molecule has 1 saturated heterocycles. The summed E-state index contributed by atoms with van der Waals surface area (Å²) >= 11 is 0. The summed E-state index contributed by atoms with van der Waals surface area (Å²) in [4.78, 5) is 26.1. The summed E-state index contributed by atoms with van der Waals surface area (Å²) in [6, 6.07) is 18.0. The molecule has 118 valence electrons. The highest BCUT2D eigenvalue weighted by Gasteiger charge is 2.42. The second-order valence-corrected chi connectivity index (χ2v) is 5.24. The van der Waals surface area contributed by atoms with E-state index in [1.165, 1.54) is 7.11 Å². The molecule has 0 aromatic heterocycles. The first-order valence-corrected chi connectivity index (χ1v) is 7.35. The van der Waals surface area contributed by atoms with Gasteiger partial charge in [0.05, 0.1) is 0 Å². The van der Waals surface area contributed by atoms with Crippen LogP contribution in [0.25, 0.3) is 0 Å². The number of imide groups is 1. The number of rotatable bonds is 4. The zero-order valence-corrected chi connectivity index (χ0v) is 12.7. The van der Waals surface area contributed by atoms with Crippen molar-refractivity contribution < 1.29 is 19.1 Å². The molecule has 2 amide bonds. The lowest BCUT2D eigenvalue weighted by molar-refractivity contribution is -0.140. The fourth-order valence-electron chi connectivity index (χ4n) is 2.72. The van der Waals surface area contributed by atoms with Crippen molar-refractivity contribution in [3.8, 4) is 0 Å². The zero-order valence-electron chi connectivity index (χ0n) is 12.7. The molecule has 5 heteroatoms. The van der Waals surface area contributed by atoms with Gasteiger partial charge in [0.25, 0.3) is 5.91 Å². The van der Waals surface area contributed by atoms with Crippen LogP contribution in [0.3, 0.4) is 0 Å². The maximum Gasteiger partial charge on any atom is 0.417 e. The van der Waals surface area contributed by atoms with Crippen LogP contribution in [0, 0.1) is 0 Å². The Morgan fingerprint density at radius 1 is 1.13 bits per heavy atom. The smallest absolute Gasteiger partial charge is 0.417 e. The molecular weight excluding hydrogens is 294 g/mol. The summed E-state index contributed by atoms with van der Waals surface area (Å²) in [5.74, 6) is -0.421. The highest BCUT2D eigenvalue weighted by Crippen LogP contribution is 2.31. The minimum atomic E-state index is -0.840. The van der Waals surface area contributed by atoms with Crippen LogP contribution in [0.5, 0.6) is 0 Å². The first-order chi connectivity index (χ1) is 11.2. The lowest BCUT2D eigenvalue weighted by Crippen LogP contribution is -2.38. The predicted molar refractivity (Wildman–Crippen MR) is 83.6 cm³/mol. The van der Waals surface area contributed by atoms with E-state index in [1.54, 1.807) is 12.1 Å². The van der Waals surface area contributed by atoms with Gasteiger partial charge >= 0.3 is 6.09 Å². The molecule has 1 heterocycles. The summed E-state index contributed by atoms with van der Waals surface area (Å²) in [6.45, 7) is 0.153. The molecule has 0 aliphatic carbocycles. The van der Waals surface area contributed by atoms with E-state index in [4.69, 9.17) is 9.47 Å². The lowest BCUT2D eigenvalue weighted by Gasteiger charge is -2.24.